The molecule has 0 aromatic carbocycles. The van der Waals surface area contributed by atoms with E-state index in [4.69, 9.17) is 15.2 Å². The fourth-order valence-electron chi connectivity index (χ4n) is 4.37. The summed E-state index contributed by atoms with van der Waals surface area (Å²) in [4.78, 5) is 31.5. The first-order valence-corrected chi connectivity index (χ1v) is 14.3. The molecule has 2 aliphatic rings. The lowest BCUT2D eigenvalue weighted by Gasteiger charge is -2.33. The summed E-state index contributed by atoms with van der Waals surface area (Å²) >= 11 is 3.46. The van der Waals surface area contributed by atoms with E-state index < -0.39 is 11.2 Å². The van der Waals surface area contributed by atoms with Gasteiger partial charge in [0.15, 0.2) is 0 Å². The van der Waals surface area contributed by atoms with Crippen LogP contribution in [0.3, 0.4) is 0 Å². The molecule has 0 radical (unpaired) electrons. The smallest absolute Gasteiger partial charge is 0.410 e. The van der Waals surface area contributed by atoms with Crippen LogP contribution in [0.1, 0.15) is 79.2 Å². The van der Waals surface area contributed by atoms with Crippen molar-refractivity contribution in [3.8, 4) is 0 Å². The van der Waals surface area contributed by atoms with Crippen molar-refractivity contribution in [1.29, 1.82) is 0 Å². The molecule has 3 heterocycles. The lowest BCUT2D eigenvalue weighted by Crippen LogP contribution is -2.42. The molecule has 0 unspecified atom stereocenters. The van der Waals surface area contributed by atoms with Crippen molar-refractivity contribution in [3.63, 3.8) is 0 Å². The van der Waals surface area contributed by atoms with Crippen LogP contribution in [-0.4, -0.2) is 70.9 Å². The number of hydrogen-bond acceptors (Lipinski definition) is 6. The fourth-order valence-corrected chi connectivity index (χ4v) is 4.78. The highest BCUT2D eigenvalue weighted by Crippen LogP contribution is 2.24. The zero-order valence-corrected chi connectivity index (χ0v) is 25.2. The third-order valence-corrected chi connectivity index (χ3v) is 6.90. The summed E-state index contributed by atoms with van der Waals surface area (Å²) in [5, 5.41) is 0. The number of likely N-dealkylation sites (tertiary alicyclic amines) is 2. The molecule has 1 aromatic heterocycles. The molecule has 37 heavy (non-hydrogen) atoms. The van der Waals surface area contributed by atoms with E-state index in [2.05, 4.69) is 27.0 Å². The summed E-state index contributed by atoms with van der Waals surface area (Å²) in [6, 6.07) is 2.13. The number of pyridine rings is 1. The van der Waals surface area contributed by atoms with Gasteiger partial charge in [-0.15, -0.1) is 0 Å². The summed E-state index contributed by atoms with van der Waals surface area (Å²) in [6.07, 6.45) is 9.67. The third-order valence-electron chi connectivity index (χ3n) is 6.47. The summed E-state index contributed by atoms with van der Waals surface area (Å²) in [5.74, 6) is 1.25. The monoisotopic (exact) mass is 582 g/mol. The average Bonchev–Trinajstić information content (AvgIpc) is 2.81. The molecule has 0 atom stereocenters. The van der Waals surface area contributed by atoms with Crippen LogP contribution < -0.4 is 5.73 Å². The highest BCUT2D eigenvalue weighted by molar-refractivity contribution is 9.10. The van der Waals surface area contributed by atoms with Crippen molar-refractivity contribution in [2.24, 2.45) is 17.6 Å². The number of carbonyl (C=O) groups excluding carboxylic acids is 2. The number of halogens is 1. The maximum atomic E-state index is 12.0. The van der Waals surface area contributed by atoms with Gasteiger partial charge in [-0.3, -0.25) is 4.98 Å². The Balaban J connectivity index is 0.000000281. The number of aryl methyl sites for hydroxylation is 1. The SMILES string of the molecule is CC(C)(C)OC(=O)N1CCC(CCc2cncc(Br)c2)CC1.CC(C)(C)OC(=O)N1CCC(CN)CC1. The lowest BCUT2D eigenvalue weighted by molar-refractivity contribution is 0.0173. The number of piperidine rings is 2. The first kappa shape index (κ1) is 31.3. The van der Waals surface area contributed by atoms with E-state index in [1.165, 1.54) is 5.56 Å². The second-order valence-corrected chi connectivity index (χ2v) is 13.0. The van der Waals surface area contributed by atoms with Crippen LogP contribution in [0.5, 0.6) is 0 Å². The molecule has 210 valence electrons. The van der Waals surface area contributed by atoms with Gasteiger partial charge >= 0.3 is 12.2 Å². The molecule has 2 aliphatic heterocycles. The van der Waals surface area contributed by atoms with Crippen LogP contribution in [0, 0.1) is 11.8 Å². The van der Waals surface area contributed by atoms with Crippen LogP contribution in [0.25, 0.3) is 0 Å². The van der Waals surface area contributed by atoms with Gasteiger partial charge in [0.25, 0.3) is 0 Å². The molecule has 3 rings (SSSR count). The first-order chi connectivity index (χ1) is 17.3. The number of carbonyl (C=O) groups is 2. The van der Waals surface area contributed by atoms with Crippen molar-refractivity contribution in [2.45, 2.75) is 91.3 Å². The summed E-state index contributed by atoms with van der Waals surface area (Å²) in [5.41, 5.74) is 6.04. The highest BCUT2D eigenvalue weighted by Gasteiger charge is 2.27. The van der Waals surface area contributed by atoms with Gasteiger partial charge in [0, 0.05) is 43.0 Å². The molecule has 8 nitrogen and oxygen atoms in total. The number of nitrogens with zero attached hydrogens (tertiary/aromatic N) is 3. The molecular weight excluding hydrogens is 536 g/mol. The normalized spacial score (nSPS) is 17.6. The topological polar surface area (TPSA) is 98.0 Å². The van der Waals surface area contributed by atoms with E-state index in [9.17, 15) is 9.59 Å². The number of ether oxygens (including phenoxy) is 2. The minimum absolute atomic E-state index is 0.179. The van der Waals surface area contributed by atoms with Crippen molar-refractivity contribution < 1.29 is 19.1 Å². The predicted molar refractivity (Wildman–Crippen MR) is 150 cm³/mol. The maximum Gasteiger partial charge on any atom is 0.410 e. The van der Waals surface area contributed by atoms with Gasteiger partial charge in [-0.25, -0.2) is 9.59 Å². The summed E-state index contributed by atoms with van der Waals surface area (Å²) in [6.45, 7) is 15.3. The van der Waals surface area contributed by atoms with E-state index in [1.54, 1.807) is 4.90 Å². The molecule has 2 saturated heterocycles. The van der Waals surface area contributed by atoms with Crippen LogP contribution in [0.15, 0.2) is 22.9 Å². The van der Waals surface area contributed by atoms with Crippen LogP contribution in [-0.2, 0) is 15.9 Å². The maximum absolute atomic E-state index is 12.0. The minimum Gasteiger partial charge on any atom is -0.444 e. The molecule has 0 aliphatic carbocycles. The van der Waals surface area contributed by atoms with E-state index in [0.717, 1.165) is 75.7 Å². The Morgan fingerprint density at radius 2 is 1.35 bits per heavy atom. The van der Waals surface area contributed by atoms with Crippen LogP contribution in [0.2, 0.25) is 0 Å². The molecule has 2 fully saturated rings. The molecule has 2 amide bonds. The molecule has 1 aromatic rings. The molecular formula is C28H47BrN4O4. The zero-order valence-electron chi connectivity index (χ0n) is 23.6. The first-order valence-electron chi connectivity index (χ1n) is 13.5. The Bertz CT molecular complexity index is 852. The number of rotatable bonds is 4. The highest BCUT2D eigenvalue weighted by atomic mass is 79.9. The van der Waals surface area contributed by atoms with E-state index in [0.29, 0.717) is 11.8 Å². The van der Waals surface area contributed by atoms with Crippen molar-refractivity contribution in [1.82, 2.24) is 14.8 Å². The van der Waals surface area contributed by atoms with Crippen molar-refractivity contribution in [2.75, 3.05) is 32.7 Å². The number of aromatic nitrogens is 1. The molecule has 0 bridgehead atoms. The van der Waals surface area contributed by atoms with E-state index in [1.807, 2.05) is 58.8 Å². The minimum atomic E-state index is -0.415. The second-order valence-electron chi connectivity index (χ2n) is 12.1. The Hall–Kier alpha value is -1.87. The van der Waals surface area contributed by atoms with Gasteiger partial charge < -0.3 is 25.0 Å². The van der Waals surface area contributed by atoms with Crippen LogP contribution >= 0.6 is 15.9 Å². The predicted octanol–water partition coefficient (Wildman–Crippen LogP) is 6.02. The Kier molecular flexibility index (Phi) is 12.1. The standard InChI is InChI=1S/C17H25BrN2O2.C11H22N2O2/c1-17(2,3)22-16(21)20-8-6-13(7-9-20)4-5-14-10-15(18)12-19-11-14;1-11(2,3)15-10(14)13-6-4-9(8-12)5-7-13/h10-13H,4-9H2,1-3H3;9H,4-8,12H2,1-3H3. The molecule has 2 N–H and O–H groups in total. The number of amides is 2. The Morgan fingerprint density at radius 1 is 0.892 bits per heavy atom. The Labute approximate surface area is 231 Å². The van der Waals surface area contributed by atoms with E-state index in [-0.39, 0.29) is 12.2 Å². The van der Waals surface area contributed by atoms with Gasteiger partial charge in [0.1, 0.15) is 11.2 Å². The third kappa shape index (κ3) is 12.5. The number of nitrogens with two attached hydrogens (primary N) is 1. The van der Waals surface area contributed by atoms with Gasteiger partial charge in [-0.1, -0.05) is 0 Å². The van der Waals surface area contributed by atoms with Gasteiger partial charge in [-0.05, 0) is 126 Å². The van der Waals surface area contributed by atoms with Crippen molar-refractivity contribution >= 4 is 28.1 Å². The Morgan fingerprint density at radius 3 is 1.76 bits per heavy atom. The van der Waals surface area contributed by atoms with Gasteiger partial charge in [0.05, 0.1) is 0 Å². The van der Waals surface area contributed by atoms with Crippen LogP contribution in [0.4, 0.5) is 9.59 Å². The quantitative estimate of drug-likeness (QED) is 0.466. The lowest BCUT2D eigenvalue weighted by atomic mass is 9.91. The molecule has 0 spiro atoms. The van der Waals surface area contributed by atoms with Gasteiger partial charge in [-0.2, -0.15) is 0 Å². The molecule has 9 heteroatoms. The zero-order chi connectivity index (χ0) is 27.6. The number of hydrogen-bond donors (Lipinski definition) is 1. The van der Waals surface area contributed by atoms with Crippen molar-refractivity contribution in [3.05, 3.63) is 28.5 Å². The fraction of sp³-hybridized carbons (Fsp3) is 0.750. The average molecular weight is 584 g/mol. The van der Waals surface area contributed by atoms with Gasteiger partial charge in [0.2, 0.25) is 0 Å². The largest absolute Gasteiger partial charge is 0.444 e. The second kappa shape index (κ2) is 14.3. The van der Waals surface area contributed by atoms with E-state index >= 15 is 0 Å². The summed E-state index contributed by atoms with van der Waals surface area (Å²) in [7, 11) is 0. The summed E-state index contributed by atoms with van der Waals surface area (Å²) < 4.78 is 11.8. The molecule has 0 saturated carbocycles.